The molecule has 0 amide bonds. The predicted molar refractivity (Wildman–Crippen MR) is 88.8 cm³/mol. The Labute approximate surface area is 127 Å². The Morgan fingerprint density at radius 2 is 1.58 bits per heavy atom. The molecule has 1 aromatic carbocycles. The van der Waals surface area contributed by atoms with E-state index in [9.17, 15) is 0 Å². The van der Waals surface area contributed by atoms with Crippen molar-refractivity contribution in [3.8, 4) is 0 Å². The molecule has 0 unspecified atom stereocenters. The maximum absolute atomic E-state index is 3.66. The van der Waals surface area contributed by atoms with Crippen LogP contribution in [0.2, 0.25) is 0 Å². The molecule has 0 saturated carbocycles. The molecule has 0 heterocycles. The van der Waals surface area contributed by atoms with Gasteiger partial charge < -0.3 is 5.32 Å². The number of benzene rings is 1. The molecule has 1 N–H and O–H groups in total. The highest BCUT2D eigenvalue weighted by atomic mass is 79.9. The molecule has 0 atom stereocenters. The molecule has 108 valence electrons. The maximum Gasteiger partial charge on any atom is 0.0175 e. The Morgan fingerprint density at radius 3 is 2.00 bits per heavy atom. The Kier molecular flexibility index (Phi) is 7.09. The molecule has 0 bridgehead atoms. The fraction of sp³-hybridized carbons (Fsp3) is 0.647. The molecular weight excluding hydrogens is 298 g/mol. The molecule has 0 aliphatic carbocycles. The highest BCUT2D eigenvalue weighted by molar-refractivity contribution is 9.10. The highest BCUT2D eigenvalue weighted by Gasteiger charge is 2.30. The van der Waals surface area contributed by atoms with E-state index >= 15 is 0 Å². The van der Waals surface area contributed by atoms with Gasteiger partial charge in [-0.3, -0.25) is 0 Å². The molecule has 1 nitrogen and oxygen atoms in total. The fourth-order valence-electron chi connectivity index (χ4n) is 2.85. The third kappa shape index (κ3) is 4.92. The molecule has 0 spiro atoms. The number of hydrogen-bond acceptors (Lipinski definition) is 1. The maximum atomic E-state index is 3.66. The molecule has 19 heavy (non-hydrogen) atoms. The summed E-state index contributed by atoms with van der Waals surface area (Å²) in [6.45, 7) is 10.1. The minimum Gasteiger partial charge on any atom is -0.314 e. The second-order valence-electron chi connectivity index (χ2n) is 5.82. The second-order valence-corrected chi connectivity index (χ2v) is 6.74. The second kappa shape index (κ2) is 8.06. The number of hydrogen-bond donors (Lipinski definition) is 1. The largest absolute Gasteiger partial charge is 0.314 e. The quantitative estimate of drug-likeness (QED) is 0.685. The first-order valence-electron chi connectivity index (χ1n) is 7.53. The summed E-state index contributed by atoms with van der Waals surface area (Å²) < 4.78 is 1.16. The van der Waals surface area contributed by atoms with E-state index in [1.54, 1.807) is 0 Å². The predicted octanol–water partition coefficient (Wildman–Crippen LogP) is 5.29. The first-order valence-corrected chi connectivity index (χ1v) is 8.33. The lowest BCUT2D eigenvalue weighted by Crippen LogP contribution is -2.41. The summed E-state index contributed by atoms with van der Waals surface area (Å²) in [6.07, 6.45) is 4.97. The number of halogens is 1. The van der Waals surface area contributed by atoms with E-state index < -0.39 is 0 Å². The van der Waals surface area contributed by atoms with Crippen LogP contribution in [-0.2, 0) is 5.41 Å². The van der Waals surface area contributed by atoms with Gasteiger partial charge in [-0.15, -0.1) is 0 Å². The molecule has 0 aliphatic rings. The van der Waals surface area contributed by atoms with Crippen LogP contribution in [0.4, 0.5) is 0 Å². The summed E-state index contributed by atoms with van der Waals surface area (Å²) in [6, 6.07) is 9.47. The lowest BCUT2D eigenvalue weighted by molar-refractivity contribution is 0.324. The van der Waals surface area contributed by atoms with Gasteiger partial charge in [0, 0.05) is 22.5 Å². The van der Waals surface area contributed by atoms with Crippen molar-refractivity contribution in [2.24, 2.45) is 0 Å². The van der Waals surface area contributed by atoms with Gasteiger partial charge in [-0.1, -0.05) is 68.6 Å². The summed E-state index contributed by atoms with van der Waals surface area (Å²) in [7, 11) is 0. The van der Waals surface area contributed by atoms with Gasteiger partial charge in [0.1, 0.15) is 0 Å². The van der Waals surface area contributed by atoms with Crippen LogP contribution in [0.25, 0.3) is 0 Å². The third-order valence-electron chi connectivity index (χ3n) is 3.76. The van der Waals surface area contributed by atoms with Crippen molar-refractivity contribution in [1.29, 1.82) is 0 Å². The van der Waals surface area contributed by atoms with Gasteiger partial charge in [0.25, 0.3) is 0 Å². The van der Waals surface area contributed by atoms with E-state index in [1.807, 2.05) is 0 Å². The molecule has 1 rings (SSSR count). The average Bonchev–Trinajstić information content (AvgIpc) is 2.37. The van der Waals surface area contributed by atoms with E-state index in [-0.39, 0.29) is 5.41 Å². The monoisotopic (exact) mass is 325 g/mol. The van der Waals surface area contributed by atoms with Crippen LogP contribution < -0.4 is 5.32 Å². The highest BCUT2D eigenvalue weighted by Crippen LogP contribution is 2.34. The van der Waals surface area contributed by atoms with Crippen molar-refractivity contribution in [3.63, 3.8) is 0 Å². The van der Waals surface area contributed by atoms with Crippen molar-refractivity contribution < 1.29 is 0 Å². The topological polar surface area (TPSA) is 12.0 Å². The first-order chi connectivity index (χ1) is 9.04. The zero-order valence-corrected chi connectivity index (χ0v) is 14.4. The van der Waals surface area contributed by atoms with Gasteiger partial charge in [-0.25, -0.2) is 0 Å². The van der Waals surface area contributed by atoms with Crippen LogP contribution in [0, 0.1) is 0 Å². The molecule has 0 aromatic heterocycles. The fourth-order valence-corrected chi connectivity index (χ4v) is 3.12. The molecule has 0 saturated heterocycles. The van der Waals surface area contributed by atoms with Crippen molar-refractivity contribution in [2.45, 2.75) is 64.8 Å². The molecule has 0 radical (unpaired) electrons. The molecule has 0 aliphatic heterocycles. The summed E-state index contributed by atoms with van der Waals surface area (Å²) in [5.41, 5.74) is 1.77. The van der Waals surface area contributed by atoms with Crippen molar-refractivity contribution >= 4 is 15.9 Å². The minimum absolute atomic E-state index is 0.286. The minimum atomic E-state index is 0.286. The van der Waals surface area contributed by atoms with Gasteiger partial charge >= 0.3 is 0 Å². The van der Waals surface area contributed by atoms with Crippen LogP contribution in [0.1, 0.15) is 58.9 Å². The van der Waals surface area contributed by atoms with Crippen LogP contribution in [0.15, 0.2) is 28.7 Å². The van der Waals surface area contributed by atoms with Crippen LogP contribution >= 0.6 is 15.9 Å². The Hall–Kier alpha value is -0.340. The smallest absolute Gasteiger partial charge is 0.0175 e. The molecule has 2 heteroatoms. The average molecular weight is 326 g/mol. The summed E-state index contributed by atoms with van der Waals surface area (Å²) in [5, 5.41) is 3.66. The Morgan fingerprint density at radius 1 is 1.05 bits per heavy atom. The summed E-state index contributed by atoms with van der Waals surface area (Å²) in [5.74, 6) is 0. The van der Waals surface area contributed by atoms with E-state index in [0.717, 1.165) is 11.0 Å². The summed E-state index contributed by atoms with van der Waals surface area (Å²) in [4.78, 5) is 0. The van der Waals surface area contributed by atoms with E-state index in [1.165, 1.54) is 31.2 Å². The summed E-state index contributed by atoms with van der Waals surface area (Å²) >= 11 is 3.54. The number of nitrogens with one attached hydrogen (secondary N) is 1. The van der Waals surface area contributed by atoms with Crippen molar-refractivity contribution in [2.75, 3.05) is 6.54 Å². The Bertz CT molecular complexity index is 350. The standard InChI is InChI=1S/C17H28BrN/c1-5-11-17(12-6-2,13-19-14(3)4)15-7-9-16(18)10-8-15/h7-10,14,19H,5-6,11-13H2,1-4H3. The van der Waals surface area contributed by atoms with E-state index in [0.29, 0.717) is 6.04 Å². The van der Waals surface area contributed by atoms with Crippen LogP contribution in [0.3, 0.4) is 0 Å². The number of rotatable bonds is 8. The van der Waals surface area contributed by atoms with Crippen LogP contribution in [-0.4, -0.2) is 12.6 Å². The van der Waals surface area contributed by atoms with Gasteiger partial charge in [-0.2, -0.15) is 0 Å². The van der Waals surface area contributed by atoms with Gasteiger partial charge in [0.2, 0.25) is 0 Å². The molecular formula is C17H28BrN. The first kappa shape index (κ1) is 16.7. The Balaban J connectivity index is 3.02. The van der Waals surface area contributed by atoms with Gasteiger partial charge in [0.15, 0.2) is 0 Å². The zero-order chi connectivity index (χ0) is 14.3. The zero-order valence-electron chi connectivity index (χ0n) is 12.8. The van der Waals surface area contributed by atoms with Gasteiger partial charge in [-0.05, 0) is 30.5 Å². The third-order valence-corrected chi connectivity index (χ3v) is 4.29. The normalized spacial score (nSPS) is 12.1. The lowest BCUT2D eigenvalue weighted by atomic mass is 9.73. The van der Waals surface area contributed by atoms with Gasteiger partial charge in [0.05, 0.1) is 0 Å². The SMILES string of the molecule is CCCC(CCC)(CNC(C)C)c1ccc(Br)cc1. The van der Waals surface area contributed by atoms with Crippen molar-refractivity contribution in [3.05, 3.63) is 34.3 Å². The van der Waals surface area contributed by atoms with Crippen LogP contribution in [0.5, 0.6) is 0 Å². The van der Waals surface area contributed by atoms with E-state index in [4.69, 9.17) is 0 Å². The lowest BCUT2D eigenvalue weighted by Gasteiger charge is -2.35. The van der Waals surface area contributed by atoms with E-state index in [2.05, 4.69) is 73.2 Å². The molecule has 1 aromatic rings. The van der Waals surface area contributed by atoms with Crippen molar-refractivity contribution in [1.82, 2.24) is 5.32 Å². The molecule has 0 fully saturated rings.